The molecule has 0 saturated carbocycles. The number of methoxy groups -OCH3 is 1. The third-order valence-corrected chi connectivity index (χ3v) is 3.07. The van der Waals surface area contributed by atoms with Crippen molar-refractivity contribution in [2.45, 2.75) is 13.0 Å². The van der Waals surface area contributed by atoms with Gasteiger partial charge < -0.3 is 15.2 Å². The van der Waals surface area contributed by atoms with E-state index in [1.807, 2.05) is 0 Å². The molecule has 0 aromatic heterocycles. The minimum atomic E-state index is -0.865. The van der Waals surface area contributed by atoms with Crippen LogP contribution in [-0.4, -0.2) is 25.2 Å². The van der Waals surface area contributed by atoms with E-state index in [1.165, 1.54) is 0 Å². The van der Waals surface area contributed by atoms with Gasteiger partial charge in [-0.2, -0.15) is 0 Å². The van der Waals surface area contributed by atoms with Crippen LogP contribution in [0.5, 0.6) is 5.75 Å². The SMILES string of the molecule is CNC(c1ccc(OC)cc1Cl)C(C)C(=O)O. The van der Waals surface area contributed by atoms with Gasteiger partial charge in [0.1, 0.15) is 5.75 Å². The summed E-state index contributed by atoms with van der Waals surface area (Å²) >= 11 is 6.12. The molecule has 0 saturated heterocycles. The van der Waals surface area contributed by atoms with Crippen LogP contribution in [0.4, 0.5) is 0 Å². The molecule has 0 amide bonds. The lowest BCUT2D eigenvalue weighted by molar-refractivity contribution is -0.142. The van der Waals surface area contributed by atoms with Crippen molar-refractivity contribution in [3.05, 3.63) is 28.8 Å². The average Bonchev–Trinajstić information content (AvgIpc) is 2.31. The number of benzene rings is 1. The first-order valence-electron chi connectivity index (χ1n) is 5.24. The van der Waals surface area contributed by atoms with E-state index in [0.717, 1.165) is 5.56 Å². The van der Waals surface area contributed by atoms with Crippen LogP contribution in [-0.2, 0) is 4.79 Å². The molecule has 17 heavy (non-hydrogen) atoms. The fraction of sp³-hybridized carbons (Fsp3) is 0.417. The molecular weight excluding hydrogens is 242 g/mol. The van der Waals surface area contributed by atoms with Gasteiger partial charge in [-0.15, -0.1) is 0 Å². The largest absolute Gasteiger partial charge is 0.497 e. The molecule has 5 heteroatoms. The molecule has 2 unspecified atom stereocenters. The summed E-state index contributed by atoms with van der Waals surface area (Å²) in [6.45, 7) is 1.64. The zero-order valence-electron chi connectivity index (χ0n) is 10.0. The third-order valence-electron chi connectivity index (χ3n) is 2.74. The van der Waals surface area contributed by atoms with E-state index in [2.05, 4.69) is 5.32 Å². The Morgan fingerprint density at radius 2 is 2.18 bits per heavy atom. The molecule has 0 bridgehead atoms. The van der Waals surface area contributed by atoms with Gasteiger partial charge in [0.05, 0.1) is 13.0 Å². The summed E-state index contributed by atoms with van der Waals surface area (Å²) < 4.78 is 5.05. The van der Waals surface area contributed by atoms with Crippen LogP contribution in [0.25, 0.3) is 0 Å². The maximum absolute atomic E-state index is 11.0. The van der Waals surface area contributed by atoms with Crippen LogP contribution in [0, 0.1) is 5.92 Å². The Hall–Kier alpha value is -1.26. The van der Waals surface area contributed by atoms with Crippen molar-refractivity contribution >= 4 is 17.6 Å². The van der Waals surface area contributed by atoms with Gasteiger partial charge in [0, 0.05) is 11.1 Å². The molecule has 0 aliphatic heterocycles. The highest BCUT2D eigenvalue weighted by Crippen LogP contribution is 2.31. The molecule has 0 aliphatic carbocycles. The van der Waals surface area contributed by atoms with Crippen LogP contribution in [0.15, 0.2) is 18.2 Å². The van der Waals surface area contributed by atoms with Gasteiger partial charge in [-0.1, -0.05) is 24.6 Å². The van der Waals surface area contributed by atoms with Crippen LogP contribution in [0.3, 0.4) is 0 Å². The number of halogens is 1. The molecule has 0 fully saturated rings. The molecule has 0 spiro atoms. The van der Waals surface area contributed by atoms with E-state index < -0.39 is 11.9 Å². The Bertz CT molecular complexity index is 409. The fourth-order valence-electron chi connectivity index (χ4n) is 1.70. The number of aliphatic carboxylic acids is 1. The van der Waals surface area contributed by atoms with Crippen LogP contribution < -0.4 is 10.1 Å². The molecular formula is C12H16ClNO3. The predicted molar refractivity (Wildman–Crippen MR) is 66.6 cm³/mol. The summed E-state index contributed by atoms with van der Waals surface area (Å²) in [5, 5.41) is 12.5. The summed E-state index contributed by atoms with van der Waals surface area (Å²) in [6, 6.07) is 4.89. The van der Waals surface area contributed by atoms with E-state index in [9.17, 15) is 4.79 Å². The van der Waals surface area contributed by atoms with Crippen LogP contribution in [0.1, 0.15) is 18.5 Å². The van der Waals surface area contributed by atoms with Crippen molar-refractivity contribution < 1.29 is 14.6 Å². The van der Waals surface area contributed by atoms with Gasteiger partial charge in [0.2, 0.25) is 0 Å². The molecule has 0 radical (unpaired) electrons. The van der Waals surface area contributed by atoms with Crippen molar-refractivity contribution in [2.24, 2.45) is 5.92 Å². The Kier molecular flexibility index (Phi) is 4.78. The second-order valence-electron chi connectivity index (χ2n) is 3.78. The molecule has 2 N–H and O–H groups in total. The van der Waals surface area contributed by atoms with E-state index in [4.69, 9.17) is 21.4 Å². The van der Waals surface area contributed by atoms with Crippen molar-refractivity contribution in [3.8, 4) is 5.75 Å². The maximum atomic E-state index is 11.0. The normalized spacial score (nSPS) is 14.1. The van der Waals surface area contributed by atoms with Gasteiger partial charge in [-0.05, 0) is 24.7 Å². The Morgan fingerprint density at radius 1 is 1.53 bits per heavy atom. The number of carbonyl (C=O) groups is 1. The molecule has 2 atom stereocenters. The summed E-state index contributed by atoms with van der Waals surface area (Å²) in [4.78, 5) is 11.0. The molecule has 1 aromatic rings. The first-order valence-corrected chi connectivity index (χ1v) is 5.62. The minimum absolute atomic E-state index is 0.328. The first-order chi connectivity index (χ1) is 8.01. The summed E-state index contributed by atoms with van der Waals surface area (Å²) in [5.41, 5.74) is 0.755. The Labute approximate surface area is 106 Å². The van der Waals surface area contributed by atoms with Crippen molar-refractivity contribution in [1.29, 1.82) is 0 Å². The average molecular weight is 258 g/mol. The molecule has 94 valence electrons. The van der Waals surface area contributed by atoms with Gasteiger partial charge in [-0.3, -0.25) is 4.79 Å². The highest BCUT2D eigenvalue weighted by Gasteiger charge is 2.25. The van der Waals surface area contributed by atoms with Gasteiger partial charge >= 0.3 is 5.97 Å². The van der Waals surface area contributed by atoms with Crippen LogP contribution in [0.2, 0.25) is 5.02 Å². The number of ether oxygens (including phenoxy) is 1. The smallest absolute Gasteiger partial charge is 0.308 e. The lowest BCUT2D eigenvalue weighted by atomic mass is 9.94. The number of hydrogen-bond acceptors (Lipinski definition) is 3. The zero-order chi connectivity index (χ0) is 13.0. The van der Waals surface area contributed by atoms with Crippen molar-refractivity contribution in [1.82, 2.24) is 5.32 Å². The van der Waals surface area contributed by atoms with Gasteiger partial charge in [0.25, 0.3) is 0 Å². The molecule has 1 aromatic carbocycles. The predicted octanol–water partition coefficient (Wildman–Crippen LogP) is 2.33. The first kappa shape index (κ1) is 13.8. The number of carboxylic acids is 1. The Morgan fingerprint density at radius 3 is 2.59 bits per heavy atom. The Balaban J connectivity index is 3.08. The maximum Gasteiger partial charge on any atom is 0.308 e. The summed E-state index contributed by atoms with van der Waals surface area (Å²) in [6.07, 6.45) is 0. The molecule has 0 heterocycles. The number of carboxylic acid groups (broad SMARTS) is 1. The number of rotatable bonds is 5. The highest BCUT2D eigenvalue weighted by atomic mass is 35.5. The third kappa shape index (κ3) is 3.11. The molecule has 4 nitrogen and oxygen atoms in total. The van der Waals surface area contributed by atoms with E-state index >= 15 is 0 Å². The second kappa shape index (κ2) is 5.89. The van der Waals surface area contributed by atoms with Crippen molar-refractivity contribution in [2.75, 3.05) is 14.2 Å². The minimum Gasteiger partial charge on any atom is -0.497 e. The van der Waals surface area contributed by atoms with Gasteiger partial charge in [-0.25, -0.2) is 0 Å². The quantitative estimate of drug-likeness (QED) is 0.850. The number of hydrogen-bond donors (Lipinski definition) is 2. The topological polar surface area (TPSA) is 58.6 Å². The fourth-order valence-corrected chi connectivity index (χ4v) is 1.99. The van der Waals surface area contributed by atoms with E-state index in [-0.39, 0.29) is 6.04 Å². The molecule has 0 aliphatic rings. The lowest BCUT2D eigenvalue weighted by Gasteiger charge is -2.22. The second-order valence-corrected chi connectivity index (χ2v) is 4.19. The standard InChI is InChI=1S/C12H16ClNO3/c1-7(12(15)16)11(14-2)9-5-4-8(17-3)6-10(9)13/h4-7,11,14H,1-3H3,(H,15,16). The molecule has 1 rings (SSSR count). The van der Waals surface area contributed by atoms with Crippen molar-refractivity contribution in [3.63, 3.8) is 0 Å². The van der Waals surface area contributed by atoms with Crippen LogP contribution >= 0.6 is 11.6 Å². The van der Waals surface area contributed by atoms with Gasteiger partial charge in [0.15, 0.2) is 0 Å². The highest BCUT2D eigenvalue weighted by molar-refractivity contribution is 6.31. The monoisotopic (exact) mass is 257 g/mol. The number of nitrogens with one attached hydrogen (secondary N) is 1. The lowest BCUT2D eigenvalue weighted by Crippen LogP contribution is -2.29. The zero-order valence-corrected chi connectivity index (χ0v) is 10.8. The summed E-state index contributed by atoms with van der Waals surface area (Å²) in [5.74, 6) is -0.779. The van der Waals surface area contributed by atoms with E-state index in [0.29, 0.717) is 10.8 Å². The van der Waals surface area contributed by atoms with E-state index in [1.54, 1.807) is 39.3 Å². The summed E-state index contributed by atoms with van der Waals surface area (Å²) in [7, 11) is 3.27.